The molecule has 0 atom stereocenters. The van der Waals surface area contributed by atoms with E-state index < -0.39 is 0 Å². The van der Waals surface area contributed by atoms with Gasteiger partial charge in [-0.2, -0.15) is 0 Å². The second-order valence-electron chi connectivity index (χ2n) is 0.0913. The molecular formula is CHNdO2. The van der Waals surface area contributed by atoms with Crippen LogP contribution in [-0.4, -0.2) is 11.6 Å². The maximum Gasteiger partial charge on any atom is 0.414 e. The smallest absolute Gasteiger partial charge is 0.414 e. The number of rotatable bonds is 0. The van der Waals surface area contributed by atoms with Crippen LogP contribution in [0.3, 0.4) is 0 Å². The van der Waals surface area contributed by atoms with Crippen LogP contribution in [-0.2, 0) is 4.79 Å². The van der Waals surface area contributed by atoms with Crippen molar-refractivity contribution in [1.29, 1.82) is 0 Å². The zero-order valence-electron chi connectivity index (χ0n) is 1.86. The normalized spacial score (nSPS) is 3.00. The van der Waals surface area contributed by atoms with Crippen molar-refractivity contribution in [3.63, 3.8) is 0 Å². The predicted octanol–water partition coefficient (Wildman–Crippen LogP) is -0.388. The summed E-state index contributed by atoms with van der Waals surface area (Å²) in [4.78, 5) is 8.24. The Morgan fingerprint density at radius 2 is 1.75 bits per heavy atom. The van der Waals surface area contributed by atoms with Crippen LogP contribution in [0.15, 0.2) is 0 Å². The van der Waals surface area contributed by atoms with Gasteiger partial charge in [-0.3, -0.25) is 0 Å². The van der Waals surface area contributed by atoms with Crippen LogP contribution >= 0.6 is 0 Å². The molecule has 0 aromatic rings. The molecule has 0 spiro atoms. The van der Waals surface area contributed by atoms with Crippen LogP contribution in [0.25, 0.3) is 0 Å². The topological polar surface area (TPSA) is 37.3 Å². The van der Waals surface area contributed by atoms with Gasteiger partial charge in [0.1, 0.15) is 0 Å². The fraction of sp³-hybridized carbons (Fsp3) is 0. The monoisotopic (exact) mass is 187 g/mol. The third kappa shape index (κ3) is 13.9. The van der Waals surface area contributed by atoms with Gasteiger partial charge in [0.05, 0.1) is 0 Å². The molecule has 21 valence electrons. The van der Waals surface area contributed by atoms with Crippen molar-refractivity contribution >= 4 is 6.47 Å². The van der Waals surface area contributed by atoms with Crippen molar-refractivity contribution in [2.75, 3.05) is 0 Å². The molecule has 0 heterocycles. The molecule has 4 heavy (non-hydrogen) atoms. The molecule has 3 heteroatoms. The van der Waals surface area contributed by atoms with Crippen LogP contribution in [0.2, 0.25) is 0 Å². The van der Waals surface area contributed by atoms with Gasteiger partial charge in [0.2, 0.25) is 0 Å². The van der Waals surface area contributed by atoms with Gasteiger partial charge in [-0.05, 0) is 0 Å². The maximum atomic E-state index is 8.24. The fourth-order valence-corrected chi connectivity index (χ4v) is 0. The Morgan fingerprint density at radius 1 is 1.75 bits per heavy atom. The molecule has 0 aromatic carbocycles. The van der Waals surface area contributed by atoms with Crippen LogP contribution < -0.4 is 0 Å². The molecule has 2 nitrogen and oxygen atoms in total. The Morgan fingerprint density at radius 3 is 1.75 bits per heavy atom. The van der Waals surface area contributed by atoms with Crippen LogP contribution in [0, 0.1) is 40.8 Å². The fourth-order valence-electron chi connectivity index (χ4n) is 0. The van der Waals surface area contributed by atoms with Gasteiger partial charge in [-0.1, -0.05) is 0 Å². The summed E-state index contributed by atoms with van der Waals surface area (Å²) in [7, 11) is 0. The van der Waals surface area contributed by atoms with E-state index in [0.717, 1.165) is 0 Å². The number of hydrogen-bond acceptors (Lipinski definition) is 1. The van der Waals surface area contributed by atoms with E-state index in [2.05, 4.69) is 0 Å². The summed E-state index contributed by atoms with van der Waals surface area (Å²) in [5, 5.41) is 6.76. The van der Waals surface area contributed by atoms with Gasteiger partial charge in [-0.15, -0.1) is 0 Å². The van der Waals surface area contributed by atoms with E-state index in [1.54, 1.807) is 0 Å². The van der Waals surface area contributed by atoms with Crippen LogP contribution in [0.5, 0.6) is 0 Å². The van der Waals surface area contributed by atoms with E-state index >= 15 is 0 Å². The summed E-state index contributed by atoms with van der Waals surface area (Å²) in [5.74, 6) is 0. The van der Waals surface area contributed by atoms with Gasteiger partial charge in [-0.25, -0.2) is 4.79 Å². The first-order valence-corrected chi connectivity index (χ1v) is 0.428. The Hall–Kier alpha value is 0.821. The molecule has 0 fully saturated rings. The van der Waals surface area contributed by atoms with Crippen molar-refractivity contribution in [2.24, 2.45) is 0 Å². The minimum Gasteiger partial charge on any atom is -0.473 e. The van der Waals surface area contributed by atoms with E-state index in [-0.39, 0.29) is 40.8 Å². The molecule has 0 bridgehead atoms. The minimum atomic E-state index is 0. The summed E-state index contributed by atoms with van der Waals surface area (Å²) < 4.78 is 0. The zero-order chi connectivity index (χ0) is 2.71. The number of aliphatic hydroxyl groups excluding tert-OH is 1. The van der Waals surface area contributed by atoms with Crippen molar-refractivity contribution in [3.8, 4) is 0 Å². The van der Waals surface area contributed by atoms with E-state index in [0.29, 0.717) is 6.47 Å². The van der Waals surface area contributed by atoms with Gasteiger partial charge in [0.25, 0.3) is 0 Å². The molecule has 0 saturated heterocycles. The van der Waals surface area contributed by atoms with E-state index in [1.807, 2.05) is 0 Å². The van der Waals surface area contributed by atoms with Crippen molar-refractivity contribution < 1.29 is 50.7 Å². The van der Waals surface area contributed by atoms with Crippen molar-refractivity contribution in [3.05, 3.63) is 0 Å². The van der Waals surface area contributed by atoms with E-state index in [1.165, 1.54) is 0 Å². The molecule has 0 rings (SSSR count). The molecule has 0 unspecified atom stereocenters. The quantitative estimate of drug-likeness (QED) is 0.563. The molecule has 0 aliphatic carbocycles. The molecule has 0 aliphatic heterocycles. The molecule has 0 amide bonds. The SMILES string of the molecule is O=[C]O.[Nd]. The largest absolute Gasteiger partial charge is 0.473 e. The van der Waals surface area contributed by atoms with E-state index in [4.69, 9.17) is 9.90 Å². The minimum absolute atomic E-state index is 0. The molecular weight excluding hydrogens is 188 g/mol. The molecule has 0 aliphatic rings. The summed E-state index contributed by atoms with van der Waals surface area (Å²) in [6, 6.07) is 0. The maximum absolute atomic E-state index is 8.24. The van der Waals surface area contributed by atoms with Crippen molar-refractivity contribution in [1.82, 2.24) is 0 Å². The third-order valence-corrected chi connectivity index (χ3v) is 0. The van der Waals surface area contributed by atoms with Gasteiger partial charge >= 0.3 is 6.47 Å². The zero-order valence-corrected chi connectivity index (χ0v) is 5.06. The standard InChI is InChI=1S/CHO2.Nd/c2-1-3;/h(H,2,3);. The predicted molar refractivity (Wildman–Crippen MR) is 8.32 cm³/mol. The van der Waals surface area contributed by atoms with Gasteiger partial charge < -0.3 is 5.11 Å². The third-order valence-electron chi connectivity index (χ3n) is 0. The summed E-state index contributed by atoms with van der Waals surface area (Å²) >= 11 is 0. The Kier molecular flexibility index (Phi) is 20.3. The Bertz CT molecular complexity index is 13.5. The van der Waals surface area contributed by atoms with Crippen LogP contribution in [0.1, 0.15) is 0 Å². The van der Waals surface area contributed by atoms with Gasteiger partial charge in [0, 0.05) is 40.8 Å². The molecule has 0 saturated carbocycles. The number of hydrogen-bond donors (Lipinski definition) is 1. The van der Waals surface area contributed by atoms with Gasteiger partial charge in [0.15, 0.2) is 0 Å². The summed E-state index contributed by atoms with van der Waals surface area (Å²) in [6.07, 6.45) is 0. The average molecular weight is 189 g/mol. The molecule has 1 N–H and O–H groups in total. The summed E-state index contributed by atoms with van der Waals surface area (Å²) in [5.41, 5.74) is 0. The first-order valence-electron chi connectivity index (χ1n) is 0.428. The Balaban J connectivity index is 0. The van der Waals surface area contributed by atoms with Crippen molar-refractivity contribution in [2.45, 2.75) is 0 Å². The Labute approximate surface area is 56.7 Å². The molecule has 1 radical (unpaired) electrons. The average Bonchev–Trinajstić information content (AvgIpc) is 0.918. The first kappa shape index (κ1) is 8.84. The van der Waals surface area contributed by atoms with E-state index in [9.17, 15) is 0 Å². The molecule has 0 aromatic heterocycles. The van der Waals surface area contributed by atoms with Crippen LogP contribution in [0.4, 0.5) is 0 Å². The first-order chi connectivity index (χ1) is 1.41. The summed E-state index contributed by atoms with van der Waals surface area (Å²) in [6.45, 7) is 0.500. The second-order valence-corrected chi connectivity index (χ2v) is 0.0913. The second kappa shape index (κ2) is 9.17.